The molecule has 0 saturated carbocycles. The molecule has 7 nitrogen and oxygen atoms in total. The Balaban J connectivity index is 1.36. The molecule has 2 aromatic rings. The molecule has 162 valence electrons. The lowest BCUT2D eigenvalue weighted by Crippen LogP contribution is -2.41. The van der Waals surface area contributed by atoms with Crippen molar-refractivity contribution in [2.75, 3.05) is 38.2 Å². The first-order valence-corrected chi connectivity index (χ1v) is 11.9. The fourth-order valence-corrected chi connectivity index (χ4v) is 5.66. The number of carbonyl (C=O) groups is 2. The normalized spacial score (nSPS) is 18.4. The molecule has 2 aromatic heterocycles. The van der Waals surface area contributed by atoms with Gasteiger partial charge in [0.2, 0.25) is 5.91 Å². The molecule has 31 heavy (non-hydrogen) atoms. The van der Waals surface area contributed by atoms with Crippen molar-refractivity contribution in [2.24, 2.45) is 5.92 Å². The number of thiophene rings is 2. The van der Waals surface area contributed by atoms with Crippen molar-refractivity contribution < 1.29 is 19.1 Å². The van der Waals surface area contributed by atoms with Crippen LogP contribution in [0.5, 0.6) is 0 Å². The molecule has 2 aliphatic rings. The third kappa shape index (κ3) is 5.34. The first kappa shape index (κ1) is 21.6. The van der Waals surface area contributed by atoms with Crippen molar-refractivity contribution in [1.82, 2.24) is 4.90 Å². The van der Waals surface area contributed by atoms with Crippen LogP contribution in [-0.2, 0) is 27.1 Å². The Morgan fingerprint density at radius 1 is 1.39 bits per heavy atom. The lowest BCUT2D eigenvalue weighted by molar-refractivity contribution is -0.111. The molecule has 1 atom stereocenters. The molecule has 1 fully saturated rings. The zero-order chi connectivity index (χ0) is 21.6. The molecule has 3 heterocycles. The second-order valence-corrected chi connectivity index (χ2v) is 9.53. The highest BCUT2D eigenvalue weighted by atomic mass is 32.1. The van der Waals surface area contributed by atoms with Crippen LogP contribution >= 0.6 is 22.7 Å². The minimum absolute atomic E-state index is 0.213. The first-order valence-electron chi connectivity index (χ1n) is 10.2. The molecular weight excluding hydrogens is 434 g/mol. The van der Waals surface area contributed by atoms with Crippen LogP contribution in [-0.4, -0.2) is 49.8 Å². The van der Waals surface area contributed by atoms with Gasteiger partial charge in [0, 0.05) is 28.9 Å². The molecule has 0 bridgehead atoms. The quantitative estimate of drug-likeness (QED) is 0.688. The van der Waals surface area contributed by atoms with Crippen LogP contribution in [0.3, 0.4) is 0 Å². The van der Waals surface area contributed by atoms with E-state index in [0.29, 0.717) is 43.5 Å². The van der Waals surface area contributed by atoms with Crippen LogP contribution in [0.4, 0.5) is 9.80 Å². The summed E-state index contributed by atoms with van der Waals surface area (Å²) in [5, 5.41) is 15.1. The zero-order valence-electron chi connectivity index (χ0n) is 17.0. The molecule has 0 aromatic carbocycles. The van der Waals surface area contributed by atoms with Crippen LogP contribution in [0.15, 0.2) is 23.6 Å². The van der Waals surface area contributed by atoms with Gasteiger partial charge in [-0.3, -0.25) is 4.79 Å². The van der Waals surface area contributed by atoms with Gasteiger partial charge in [0.1, 0.15) is 11.1 Å². The van der Waals surface area contributed by atoms with E-state index in [1.807, 2.05) is 17.5 Å². The average molecular weight is 458 g/mol. The predicted octanol–water partition coefficient (Wildman–Crippen LogP) is 3.91. The summed E-state index contributed by atoms with van der Waals surface area (Å²) in [6.45, 7) is 2.58. The summed E-state index contributed by atoms with van der Waals surface area (Å²) in [5.41, 5.74) is 1.57. The molecule has 1 aliphatic carbocycles. The number of rotatable bonds is 5. The van der Waals surface area contributed by atoms with Crippen LogP contribution in [0.1, 0.15) is 27.3 Å². The van der Waals surface area contributed by atoms with E-state index in [0.717, 1.165) is 34.6 Å². The largest absolute Gasteiger partial charge is 0.449 e. The van der Waals surface area contributed by atoms with Crippen molar-refractivity contribution in [3.63, 3.8) is 0 Å². The Bertz CT molecular complexity index is 1000. The third-order valence-corrected chi connectivity index (χ3v) is 7.38. The Labute approximate surface area is 188 Å². The van der Waals surface area contributed by atoms with Crippen LogP contribution < -0.4 is 5.32 Å². The Morgan fingerprint density at radius 3 is 2.97 bits per heavy atom. The van der Waals surface area contributed by atoms with Crippen molar-refractivity contribution in [2.45, 2.75) is 19.3 Å². The van der Waals surface area contributed by atoms with E-state index in [9.17, 15) is 14.9 Å². The molecule has 0 radical (unpaired) electrons. The summed E-state index contributed by atoms with van der Waals surface area (Å²) in [4.78, 5) is 28.3. The van der Waals surface area contributed by atoms with Crippen molar-refractivity contribution in [3.8, 4) is 6.07 Å². The fourth-order valence-electron chi connectivity index (χ4n) is 3.73. The van der Waals surface area contributed by atoms with Gasteiger partial charge in [-0.25, -0.2) is 4.79 Å². The Morgan fingerprint density at radius 2 is 2.23 bits per heavy atom. The first-order chi connectivity index (χ1) is 15.1. The van der Waals surface area contributed by atoms with Crippen molar-refractivity contribution >= 4 is 45.8 Å². The lowest BCUT2D eigenvalue weighted by Gasteiger charge is -2.27. The number of nitrogens with one attached hydrogen (secondary N) is 1. The second-order valence-electron chi connectivity index (χ2n) is 7.44. The number of hydrogen-bond donors (Lipinski definition) is 1. The van der Waals surface area contributed by atoms with Gasteiger partial charge in [0.25, 0.3) is 0 Å². The Kier molecular flexibility index (Phi) is 7.02. The van der Waals surface area contributed by atoms with E-state index in [2.05, 4.69) is 11.4 Å². The summed E-state index contributed by atoms with van der Waals surface area (Å²) in [6, 6.07) is 6.12. The maximum Gasteiger partial charge on any atom is 0.409 e. The predicted molar refractivity (Wildman–Crippen MR) is 120 cm³/mol. The van der Waals surface area contributed by atoms with E-state index >= 15 is 0 Å². The summed E-state index contributed by atoms with van der Waals surface area (Å²) < 4.78 is 10.8. The van der Waals surface area contributed by atoms with E-state index in [1.54, 1.807) is 22.3 Å². The minimum Gasteiger partial charge on any atom is -0.449 e. The van der Waals surface area contributed by atoms with Gasteiger partial charge in [-0.1, -0.05) is 6.07 Å². The number of anilines is 1. The van der Waals surface area contributed by atoms with Gasteiger partial charge in [-0.05, 0) is 48.3 Å². The topological polar surface area (TPSA) is 91.7 Å². The van der Waals surface area contributed by atoms with Gasteiger partial charge in [0.05, 0.1) is 25.4 Å². The smallest absolute Gasteiger partial charge is 0.409 e. The van der Waals surface area contributed by atoms with Gasteiger partial charge < -0.3 is 19.7 Å². The number of nitrogens with zero attached hydrogens (tertiary/aromatic N) is 2. The molecule has 4 rings (SSSR count). The highest BCUT2D eigenvalue weighted by Crippen LogP contribution is 2.39. The fraction of sp³-hybridized carbons (Fsp3) is 0.409. The van der Waals surface area contributed by atoms with Crippen LogP contribution in [0.2, 0.25) is 0 Å². The molecular formula is C22H23N3O4S2. The number of morpholine rings is 1. The van der Waals surface area contributed by atoms with Crippen LogP contribution in [0, 0.1) is 17.2 Å². The molecule has 2 amide bonds. The molecule has 1 N–H and O–H groups in total. The van der Waals surface area contributed by atoms with E-state index in [1.165, 1.54) is 17.4 Å². The highest BCUT2D eigenvalue weighted by Gasteiger charge is 2.28. The maximum atomic E-state index is 12.3. The summed E-state index contributed by atoms with van der Waals surface area (Å²) in [7, 11) is 0. The number of fused-ring (bicyclic) bond motifs is 1. The average Bonchev–Trinajstić information content (AvgIpc) is 3.43. The standard InChI is InChI=1S/C22H23N3O4S2/c23-13-18-17-5-3-15(14-29-22(27)25-7-9-28-10-8-25)12-19(17)31-21(18)24-20(26)6-4-16-2-1-11-30-16/h1-2,4,6,11,15H,3,5,7-10,12,14H2,(H,24,26)/b6-4+. The van der Waals surface area contributed by atoms with Gasteiger partial charge in [-0.15, -0.1) is 22.7 Å². The highest BCUT2D eigenvalue weighted by molar-refractivity contribution is 7.16. The van der Waals surface area contributed by atoms with Crippen molar-refractivity contribution in [1.29, 1.82) is 5.26 Å². The number of nitriles is 1. The van der Waals surface area contributed by atoms with Gasteiger partial charge in [0.15, 0.2) is 0 Å². The van der Waals surface area contributed by atoms with E-state index in [4.69, 9.17) is 9.47 Å². The molecule has 9 heteroatoms. The number of ether oxygens (including phenoxy) is 2. The van der Waals surface area contributed by atoms with E-state index in [-0.39, 0.29) is 17.9 Å². The summed E-state index contributed by atoms with van der Waals surface area (Å²) in [6.07, 6.45) is 5.29. The summed E-state index contributed by atoms with van der Waals surface area (Å²) in [5.74, 6) is -0.0375. The van der Waals surface area contributed by atoms with Crippen molar-refractivity contribution in [3.05, 3.63) is 44.5 Å². The lowest BCUT2D eigenvalue weighted by atomic mass is 9.88. The Hall–Kier alpha value is -2.67. The monoisotopic (exact) mass is 457 g/mol. The van der Waals surface area contributed by atoms with E-state index < -0.39 is 0 Å². The zero-order valence-corrected chi connectivity index (χ0v) is 18.6. The van der Waals surface area contributed by atoms with Gasteiger partial charge >= 0.3 is 6.09 Å². The minimum atomic E-state index is -0.288. The number of amides is 2. The van der Waals surface area contributed by atoms with Gasteiger partial charge in [-0.2, -0.15) is 5.26 Å². The molecule has 0 spiro atoms. The van der Waals surface area contributed by atoms with Crippen LogP contribution in [0.25, 0.3) is 6.08 Å². The number of hydrogen-bond acceptors (Lipinski definition) is 7. The second kappa shape index (κ2) is 10.1. The molecule has 1 aliphatic heterocycles. The maximum absolute atomic E-state index is 12.3. The molecule has 1 saturated heterocycles. The SMILES string of the molecule is N#Cc1c(NC(=O)/C=C/c2cccs2)sc2c1CCC(COC(=O)N1CCOCC1)C2. The summed E-state index contributed by atoms with van der Waals surface area (Å²) >= 11 is 3.01. The molecule has 1 unspecified atom stereocenters. The number of carbonyl (C=O) groups excluding carboxylic acids is 2. The third-order valence-electron chi connectivity index (χ3n) is 5.37.